The molecular formula is C20H28N2O4S2. The number of rotatable bonds is 7. The number of ether oxygens (including phenoxy) is 1. The zero-order chi connectivity index (χ0) is 20.3. The normalized spacial score (nSPS) is 24.7. The minimum Gasteiger partial charge on any atom is -0.497 e. The molecule has 28 heavy (non-hydrogen) atoms. The molecule has 0 aromatic heterocycles. The van der Waals surface area contributed by atoms with Crippen molar-refractivity contribution < 1.29 is 17.9 Å². The highest BCUT2D eigenvalue weighted by Gasteiger charge is 2.48. The smallest absolute Gasteiger partial charge is 0.251 e. The summed E-state index contributed by atoms with van der Waals surface area (Å²) in [7, 11) is -1.39. The summed E-state index contributed by atoms with van der Waals surface area (Å²) in [6, 6.07) is 7.76. The van der Waals surface area contributed by atoms with E-state index in [1.165, 1.54) is 11.8 Å². The molecule has 1 aromatic carbocycles. The van der Waals surface area contributed by atoms with Gasteiger partial charge in [-0.25, -0.2) is 8.42 Å². The summed E-state index contributed by atoms with van der Waals surface area (Å²) in [6.07, 6.45) is 2.29. The van der Waals surface area contributed by atoms with Crippen LogP contribution < -0.4 is 4.74 Å². The van der Waals surface area contributed by atoms with Gasteiger partial charge in [-0.05, 0) is 37.0 Å². The van der Waals surface area contributed by atoms with Gasteiger partial charge in [0.1, 0.15) is 5.75 Å². The number of amides is 1. The van der Waals surface area contributed by atoms with E-state index in [4.69, 9.17) is 4.74 Å². The number of carbonyl (C=O) groups excluding carboxylic acids is 1. The molecule has 8 heteroatoms. The molecule has 2 heterocycles. The third kappa shape index (κ3) is 4.71. The molecule has 1 amide bonds. The number of thioether (sulfide) groups is 1. The van der Waals surface area contributed by atoms with Gasteiger partial charge in [0, 0.05) is 17.7 Å². The molecule has 0 N–H and O–H groups in total. The molecule has 0 spiro atoms. The average molecular weight is 425 g/mol. The zero-order valence-electron chi connectivity index (χ0n) is 16.6. The van der Waals surface area contributed by atoms with E-state index in [9.17, 15) is 13.2 Å². The molecular weight excluding hydrogens is 396 g/mol. The minimum absolute atomic E-state index is 0.0332. The first-order chi connectivity index (χ1) is 13.4. The molecule has 2 aliphatic rings. The molecule has 6 nitrogen and oxygen atoms in total. The van der Waals surface area contributed by atoms with E-state index in [2.05, 4.69) is 4.99 Å². The number of hydrogen-bond acceptors (Lipinski definition) is 5. The molecule has 2 aliphatic heterocycles. The number of hydrogen-bond donors (Lipinski definition) is 0. The van der Waals surface area contributed by atoms with Crippen LogP contribution in [0.4, 0.5) is 0 Å². The molecule has 0 unspecified atom stereocenters. The molecule has 154 valence electrons. The van der Waals surface area contributed by atoms with Crippen LogP contribution in [0.1, 0.15) is 32.3 Å². The van der Waals surface area contributed by atoms with Crippen LogP contribution in [0.25, 0.3) is 0 Å². The fraction of sp³-hybridized carbons (Fsp3) is 0.600. The lowest BCUT2D eigenvalue weighted by Crippen LogP contribution is -2.39. The predicted octanol–water partition coefficient (Wildman–Crippen LogP) is 2.77. The van der Waals surface area contributed by atoms with Gasteiger partial charge in [0.2, 0.25) is 0 Å². The third-order valence-electron chi connectivity index (χ3n) is 5.52. The lowest BCUT2D eigenvalue weighted by atomic mass is 10.0. The third-order valence-corrected chi connectivity index (χ3v) is 8.76. The molecule has 0 saturated carbocycles. The Morgan fingerprint density at radius 3 is 2.54 bits per heavy atom. The van der Waals surface area contributed by atoms with Crippen molar-refractivity contribution in [1.82, 2.24) is 4.90 Å². The van der Waals surface area contributed by atoms with Gasteiger partial charge in [0.25, 0.3) is 5.91 Å². The monoisotopic (exact) mass is 424 g/mol. The summed E-state index contributed by atoms with van der Waals surface area (Å²) >= 11 is 1.46. The largest absolute Gasteiger partial charge is 0.497 e. The summed E-state index contributed by atoms with van der Waals surface area (Å²) in [5.74, 6) is 0.955. The Labute approximate surface area is 171 Å². The van der Waals surface area contributed by atoms with Crippen molar-refractivity contribution in [2.75, 3.05) is 25.2 Å². The first-order valence-electron chi connectivity index (χ1n) is 9.76. The van der Waals surface area contributed by atoms with Gasteiger partial charge in [-0.15, -0.1) is 0 Å². The lowest BCUT2D eigenvalue weighted by Gasteiger charge is -2.24. The Bertz CT molecular complexity index is 832. The topological polar surface area (TPSA) is 76.0 Å². The highest BCUT2D eigenvalue weighted by Crippen LogP contribution is 2.38. The standard InChI is InChI=1S/C20H28N2O4S2/c1-4-15(5-2)19(23)21-20-22(17-12-28(24,25)13-18(17)27-20)11-10-14-6-8-16(26-3)9-7-14/h6-9,15,17-18H,4-5,10-13H2,1-3H3/t17-,18+/m1/s1. The highest BCUT2D eigenvalue weighted by molar-refractivity contribution is 8.15. The van der Waals surface area contributed by atoms with Crippen molar-refractivity contribution >= 4 is 32.7 Å². The summed E-state index contributed by atoms with van der Waals surface area (Å²) in [4.78, 5) is 19.0. The fourth-order valence-electron chi connectivity index (χ4n) is 3.76. The van der Waals surface area contributed by atoms with Gasteiger partial charge >= 0.3 is 0 Å². The Morgan fingerprint density at radius 1 is 1.25 bits per heavy atom. The SMILES string of the molecule is CCC(CC)C(=O)N=C1S[C@H]2CS(=O)(=O)C[C@H]2N1CCc1ccc(OC)cc1. The highest BCUT2D eigenvalue weighted by atomic mass is 32.2. The van der Waals surface area contributed by atoms with Gasteiger partial charge < -0.3 is 9.64 Å². The van der Waals surface area contributed by atoms with E-state index < -0.39 is 9.84 Å². The van der Waals surface area contributed by atoms with Crippen LogP contribution in [0.2, 0.25) is 0 Å². The van der Waals surface area contributed by atoms with E-state index in [0.717, 1.165) is 30.6 Å². The second-order valence-electron chi connectivity index (χ2n) is 7.34. The van der Waals surface area contributed by atoms with Gasteiger partial charge in [-0.2, -0.15) is 4.99 Å². The maximum Gasteiger partial charge on any atom is 0.251 e. The number of benzene rings is 1. The minimum atomic E-state index is -3.03. The fourth-order valence-corrected chi connectivity index (χ4v) is 7.75. The molecule has 0 aliphatic carbocycles. The van der Waals surface area contributed by atoms with Gasteiger partial charge in [-0.3, -0.25) is 4.79 Å². The van der Waals surface area contributed by atoms with E-state index in [-0.39, 0.29) is 34.6 Å². The van der Waals surface area contributed by atoms with Crippen molar-refractivity contribution in [3.8, 4) is 5.75 Å². The molecule has 2 fully saturated rings. The van der Waals surface area contributed by atoms with E-state index in [0.29, 0.717) is 11.7 Å². The van der Waals surface area contributed by atoms with Crippen LogP contribution in [0, 0.1) is 5.92 Å². The van der Waals surface area contributed by atoms with Crippen molar-refractivity contribution in [2.24, 2.45) is 10.9 Å². The van der Waals surface area contributed by atoms with Crippen molar-refractivity contribution in [1.29, 1.82) is 0 Å². The van der Waals surface area contributed by atoms with Crippen LogP contribution in [-0.2, 0) is 21.1 Å². The number of fused-ring (bicyclic) bond motifs is 1. The summed E-state index contributed by atoms with van der Waals surface area (Å²) < 4.78 is 29.4. The van der Waals surface area contributed by atoms with Crippen LogP contribution in [-0.4, -0.2) is 60.8 Å². The molecule has 0 radical (unpaired) electrons. The number of methoxy groups -OCH3 is 1. The number of nitrogens with zero attached hydrogens (tertiary/aromatic N) is 2. The molecule has 3 rings (SSSR count). The van der Waals surface area contributed by atoms with E-state index in [1.807, 2.05) is 43.0 Å². The Kier molecular flexibility index (Phi) is 6.70. The first-order valence-corrected chi connectivity index (χ1v) is 12.5. The lowest BCUT2D eigenvalue weighted by molar-refractivity contribution is -0.121. The molecule has 2 saturated heterocycles. The Morgan fingerprint density at radius 2 is 1.93 bits per heavy atom. The van der Waals surface area contributed by atoms with Crippen molar-refractivity contribution in [2.45, 2.75) is 44.4 Å². The van der Waals surface area contributed by atoms with Crippen molar-refractivity contribution in [3.05, 3.63) is 29.8 Å². The second-order valence-corrected chi connectivity index (χ2v) is 10.7. The van der Waals surface area contributed by atoms with Gasteiger partial charge in [0.05, 0.1) is 24.7 Å². The molecule has 0 bridgehead atoms. The van der Waals surface area contributed by atoms with E-state index in [1.54, 1.807) is 7.11 Å². The van der Waals surface area contributed by atoms with Gasteiger partial charge in [0.15, 0.2) is 15.0 Å². The Hall–Kier alpha value is -1.54. The molecule has 1 aromatic rings. The average Bonchev–Trinajstić information content (AvgIpc) is 3.12. The molecule has 2 atom stereocenters. The first kappa shape index (κ1) is 21.2. The van der Waals surface area contributed by atoms with Crippen molar-refractivity contribution in [3.63, 3.8) is 0 Å². The van der Waals surface area contributed by atoms with Crippen LogP contribution in [0.5, 0.6) is 5.75 Å². The maximum atomic E-state index is 12.5. The summed E-state index contributed by atoms with van der Waals surface area (Å²) in [5.41, 5.74) is 1.14. The number of amidine groups is 1. The quantitative estimate of drug-likeness (QED) is 0.670. The number of aliphatic imine (C=N–C) groups is 1. The summed E-state index contributed by atoms with van der Waals surface area (Å²) in [5, 5.41) is 0.657. The number of sulfone groups is 1. The van der Waals surface area contributed by atoms with E-state index >= 15 is 0 Å². The Balaban J connectivity index is 1.78. The zero-order valence-corrected chi connectivity index (χ0v) is 18.3. The van der Waals surface area contributed by atoms with Crippen LogP contribution >= 0.6 is 11.8 Å². The van der Waals surface area contributed by atoms with Gasteiger partial charge in [-0.1, -0.05) is 37.7 Å². The predicted molar refractivity (Wildman–Crippen MR) is 114 cm³/mol. The maximum absolute atomic E-state index is 12.5. The van der Waals surface area contributed by atoms with Crippen LogP contribution in [0.15, 0.2) is 29.3 Å². The van der Waals surface area contributed by atoms with Crippen LogP contribution in [0.3, 0.4) is 0 Å². The second kappa shape index (κ2) is 8.86. The number of carbonyl (C=O) groups is 1. The summed E-state index contributed by atoms with van der Waals surface area (Å²) in [6.45, 7) is 4.64.